The molecule has 0 unspecified atom stereocenters. The predicted octanol–water partition coefficient (Wildman–Crippen LogP) is 2.40. The van der Waals surface area contributed by atoms with Gasteiger partial charge in [0.05, 0.1) is 23.5 Å². The van der Waals surface area contributed by atoms with Crippen molar-refractivity contribution in [3.8, 4) is 0 Å². The fraction of sp³-hybridized carbons (Fsp3) is 0.368. The Hall–Kier alpha value is -2.76. The number of carbonyl (C=O) groups is 1. The zero-order chi connectivity index (χ0) is 17.4. The van der Waals surface area contributed by atoms with Crippen LogP contribution in [0.3, 0.4) is 0 Å². The molecule has 1 aliphatic rings. The average molecular weight is 337 g/mol. The first-order valence-corrected chi connectivity index (χ1v) is 8.73. The van der Waals surface area contributed by atoms with Gasteiger partial charge in [-0.15, -0.1) is 0 Å². The Morgan fingerprint density at radius 2 is 1.92 bits per heavy atom. The molecule has 2 aromatic heterocycles. The van der Waals surface area contributed by atoms with E-state index < -0.39 is 0 Å². The maximum Gasteiger partial charge on any atom is 0.227 e. The van der Waals surface area contributed by atoms with Crippen molar-refractivity contribution in [3.05, 3.63) is 47.4 Å². The highest BCUT2D eigenvalue weighted by Gasteiger charge is 2.24. The fourth-order valence-corrected chi connectivity index (χ4v) is 3.74. The quantitative estimate of drug-likeness (QED) is 0.771. The Bertz CT molecular complexity index is 882. The summed E-state index contributed by atoms with van der Waals surface area (Å²) in [5, 5.41) is 8.45. The van der Waals surface area contributed by atoms with Gasteiger partial charge in [-0.1, -0.05) is 18.2 Å². The molecular weight excluding hydrogens is 314 g/mol. The van der Waals surface area contributed by atoms with Gasteiger partial charge < -0.3 is 14.8 Å². The summed E-state index contributed by atoms with van der Waals surface area (Å²) < 4.78 is 0. The number of benzene rings is 1. The molecule has 1 amide bonds. The number of amides is 1. The molecular formula is C19H23N5O. The third-order valence-electron chi connectivity index (χ3n) is 5.05. The molecule has 0 saturated carbocycles. The summed E-state index contributed by atoms with van der Waals surface area (Å²) in [6.07, 6.45) is 2.41. The zero-order valence-electron chi connectivity index (χ0n) is 14.7. The second kappa shape index (κ2) is 6.27. The molecule has 1 fully saturated rings. The summed E-state index contributed by atoms with van der Waals surface area (Å²) in [6, 6.07) is 8.12. The first-order chi connectivity index (χ1) is 12.1. The highest BCUT2D eigenvalue weighted by molar-refractivity contribution is 5.89. The SMILES string of the molecule is Cc1n[nH]c(C)c1N1CCN(C(=O)Cc2c[nH]c3ccccc23)CC1. The topological polar surface area (TPSA) is 68.0 Å². The van der Waals surface area contributed by atoms with Gasteiger partial charge in [-0.2, -0.15) is 5.10 Å². The van der Waals surface area contributed by atoms with Crippen molar-refractivity contribution in [1.82, 2.24) is 20.1 Å². The van der Waals surface area contributed by atoms with E-state index >= 15 is 0 Å². The molecule has 6 heteroatoms. The van der Waals surface area contributed by atoms with Crippen molar-refractivity contribution in [2.24, 2.45) is 0 Å². The summed E-state index contributed by atoms with van der Waals surface area (Å²) in [5.74, 6) is 0.199. The maximum atomic E-state index is 12.7. The summed E-state index contributed by atoms with van der Waals surface area (Å²) in [4.78, 5) is 20.3. The number of aryl methyl sites for hydroxylation is 2. The molecule has 0 bridgehead atoms. The van der Waals surface area contributed by atoms with E-state index in [-0.39, 0.29) is 5.91 Å². The highest BCUT2D eigenvalue weighted by Crippen LogP contribution is 2.24. The normalized spacial score (nSPS) is 15.1. The van der Waals surface area contributed by atoms with Gasteiger partial charge in [0.2, 0.25) is 5.91 Å². The minimum Gasteiger partial charge on any atom is -0.365 e. The Morgan fingerprint density at radius 1 is 1.16 bits per heavy atom. The summed E-state index contributed by atoms with van der Waals surface area (Å²) in [7, 11) is 0. The number of fused-ring (bicyclic) bond motifs is 1. The van der Waals surface area contributed by atoms with Crippen molar-refractivity contribution >= 4 is 22.5 Å². The van der Waals surface area contributed by atoms with Crippen LogP contribution >= 0.6 is 0 Å². The Balaban J connectivity index is 1.41. The van der Waals surface area contributed by atoms with Gasteiger partial charge in [-0.05, 0) is 25.5 Å². The van der Waals surface area contributed by atoms with Gasteiger partial charge in [0.15, 0.2) is 0 Å². The number of piperazine rings is 1. The van der Waals surface area contributed by atoms with Crippen LogP contribution in [0.5, 0.6) is 0 Å². The van der Waals surface area contributed by atoms with Gasteiger partial charge >= 0.3 is 0 Å². The lowest BCUT2D eigenvalue weighted by Gasteiger charge is -2.36. The molecule has 4 rings (SSSR count). The summed E-state index contributed by atoms with van der Waals surface area (Å²) in [5.41, 5.74) is 5.46. The number of aromatic nitrogens is 3. The van der Waals surface area contributed by atoms with E-state index in [9.17, 15) is 4.79 Å². The number of para-hydroxylation sites is 1. The molecule has 0 atom stereocenters. The maximum absolute atomic E-state index is 12.7. The fourth-order valence-electron chi connectivity index (χ4n) is 3.74. The van der Waals surface area contributed by atoms with Gasteiger partial charge in [0.1, 0.15) is 0 Å². The van der Waals surface area contributed by atoms with E-state index in [1.807, 2.05) is 43.1 Å². The minimum absolute atomic E-state index is 0.199. The van der Waals surface area contributed by atoms with Crippen LogP contribution in [0, 0.1) is 13.8 Å². The van der Waals surface area contributed by atoms with Crippen LogP contribution in [0.4, 0.5) is 5.69 Å². The van der Waals surface area contributed by atoms with E-state index in [1.165, 1.54) is 5.69 Å². The highest BCUT2D eigenvalue weighted by atomic mass is 16.2. The lowest BCUT2D eigenvalue weighted by atomic mass is 10.1. The Morgan fingerprint density at radius 3 is 2.64 bits per heavy atom. The molecule has 0 spiro atoms. The van der Waals surface area contributed by atoms with Gasteiger partial charge in [0.25, 0.3) is 0 Å². The molecule has 1 aromatic carbocycles. The number of nitrogens with one attached hydrogen (secondary N) is 2. The average Bonchev–Trinajstić information content (AvgIpc) is 3.19. The molecule has 25 heavy (non-hydrogen) atoms. The van der Waals surface area contributed by atoms with Crippen molar-refractivity contribution in [2.45, 2.75) is 20.3 Å². The number of hydrogen-bond donors (Lipinski definition) is 2. The largest absolute Gasteiger partial charge is 0.365 e. The van der Waals surface area contributed by atoms with Crippen LogP contribution in [0.25, 0.3) is 10.9 Å². The molecule has 0 aliphatic carbocycles. The number of nitrogens with zero attached hydrogens (tertiary/aromatic N) is 3. The molecule has 130 valence electrons. The molecule has 0 radical (unpaired) electrons. The molecule has 6 nitrogen and oxygen atoms in total. The molecule has 1 aliphatic heterocycles. The summed E-state index contributed by atoms with van der Waals surface area (Å²) >= 11 is 0. The third kappa shape index (κ3) is 2.88. The number of rotatable bonds is 3. The van der Waals surface area contributed by atoms with E-state index in [2.05, 4.69) is 26.1 Å². The van der Waals surface area contributed by atoms with Crippen LogP contribution in [-0.2, 0) is 11.2 Å². The predicted molar refractivity (Wildman–Crippen MR) is 98.9 cm³/mol. The van der Waals surface area contributed by atoms with E-state index in [0.29, 0.717) is 6.42 Å². The van der Waals surface area contributed by atoms with Crippen LogP contribution in [-0.4, -0.2) is 52.2 Å². The Labute approximate surface area is 146 Å². The molecule has 3 heterocycles. The smallest absolute Gasteiger partial charge is 0.227 e. The first kappa shape index (κ1) is 15.7. The monoisotopic (exact) mass is 337 g/mol. The van der Waals surface area contributed by atoms with Crippen LogP contribution < -0.4 is 4.90 Å². The second-order valence-electron chi connectivity index (χ2n) is 6.69. The van der Waals surface area contributed by atoms with Crippen molar-refractivity contribution < 1.29 is 4.79 Å². The standard InChI is InChI=1S/C19H23N5O/c1-13-19(14(2)22-21-13)24-9-7-23(8-10-24)18(25)11-15-12-20-17-6-4-3-5-16(15)17/h3-6,12,20H,7-11H2,1-2H3,(H,21,22). The number of aromatic amines is 2. The second-order valence-corrected chi connectivity index (χ2v) is 6.69. The van der Waals surface area contributed by atoms with Gasteiger partial charge in [-0.25, -0.2) is 0 Å². The van der Waals surface area contributed by atoms with E-state index in [4.69, 9.17) is 0 Å². The molecule has 2 N–H and O–H groups in total. The minimum atomic E-state index is 0.199. The van der Waals surface area contributed by atoms with Gasteiger partial charge in [0, 0.05) is 43.3 Å². The van der Waals surface area contributed by atoms with E-state index in [1.54, 1.807) is 0 Å². The summed E-state index contributed by atoms with van der Waals surface area (Å²) in [6.45, 7) is 7.27. The Kier molecular flexibility index (Phi) is 3.95. The van der Waals surface area contributed by atoms with Crippen LogP contribution in [0.1, 0.15) is 17.0 Å². The number of H-pyrrole nitrogens is 2. The van der Waals surface area contributed by atoms with Crippen LogP contribution in [0.2, 0.25) is 0 Å². The van der Waals surface area contributed by atoms with E-state index in [0.717, 1.165) is 54.0 Å². The molecule has 1 saturated heterocycles. The van der Waals surface area contributed by atoms with Crippen molar-refractivity contribution in [1.29, 1.82) is 0 Å². The van der Waals surface area contributed by atoms with Crippen LogP contribution in [0.15, 0.2) is 30.5 Å². The number of anilines is 1. The zero-order valence-corrected chi connectivity index (χ0v) is 14.7. The third-order valence-corrected chi connectivity index (χ3v) is 5.05. The number of carbonyl (C=O) groups excluding carboxylic acids is 1. The number of hydrogen-bond acceptors (Lipinski definition) is 3. The van der Waals surface area contributed by atoms with Crippen molar-refractivity contribution in [2.75, 3.05) is 31.1 Å². The lowest BCUT2D eigenvalue weighted by molar-refractivity contribution is -0.130. The van der Waals surface area contributed by atoms with Gasteiger partial charge in [-0.3, -0.25) is 9.89 Å². The van der Waals surface area contributed by atoms with Crippen molar-refractivity contribution in [3.63, 3.8) is 0 Å². The first-order valence-electron chi connectivity index (χ1n) is 8.73. The molecule has 3 aromatic rings. The lowest BCUT2D eigenvalue weighted by Crippen LogP contribution is -2.49.